The zero-order chi connectivity index (χ0) is 44.1. The molecule has 0 aromatic carbocycles. The number of fused-ring (bicyclic) bond motifs is 1. The first-order valence-electron chi connectivity index (χ1n) is 21.2. The molecule has 1 aromatic heterocycles. The van der Waals surface area contributed by atoms with Crippen molar-refractivity contribution < 1.29 is 58.7 Å². The fourth-order valence-electron chi connectivity index (χ4n) is 7.19. The van der Waals surface area contributed by atoms with E-state index in [2.05, 4.69) is 21.7 Å². The van der Waals surface area contributed by atoms with Crippen molar-refractivity contribution in [2.24, 2.45) is 11.8 Å². The van der Waals surface area contributed by atoms with Crippen molar-refractivity contribution in [3.05, 3.63) is 60.9 Å². The predicted octanol–water partition coefficient (Wildman–Crippen LogP) is 5.97. The first kappa shape index (κ1) is 50.8. The number of aromatic nitrogens is 1. The van der Waals surface area contributed by atoms with Crippen LogP contribution < -0.4 is 4.90 Å². The Hall–Kier alpha value is -5.38. The second kappa shape index (κ2) is 29.8. The summed E-state index contributed by atoms with van der Waals surface area (Å²) in [5.41, 5.74) is 0. The lowest BCUT2D eigenvalue weighted by Gasteiger charge is -2.37. The van der Waals surface area contributed by atoms with E-state index >= 15 is 0 Å². The number of aliphatic carboxylic acids is 4. The predicted molar refractivity (Wildman–Crippen MR) is 224 cm³/mol. The number of esters is 1. The smallest absolute Gasteiger partial charge is 0.328 e. The molecule has 0 spiro atoms. The maximum Gasteiger partial charge on any atom is 0.328 e. The van der Waals surface area contributed by atoms with Gasteiger partial charge in [-0.05, 0) is 31.4 Å². The summed E-state index contributed by atoms with van der Waals surface area (Å²) in [4.78, 5) is 87.9. The average molecular weight is 841 g/mol. The molecule has 4 rings (SSSR count). The molecule has 4 N–H and O–H groups in total. The molecule has 3 aliphatic rings. The molecule has 16 heteroatoms. The number of ether oxygens (including phenoxy) is 1. The number of carbonyl (C=O) groups excluding carboxylic acids is 3. The topological polar surface area (TPSA) is 232 Å². The second-order valence-corrected chi connectivity index (χ2v) is 15.0. The van der Waals surface area contributed by atoms with Gasteiger partial charge in [0.05, 0.1) is 18.4 Å². The first-order valence-corrected chi connectivity index (χ1v) is 21.2. The molecule has 1 aromatic rings. The van der Waals surface area contributed by atoms with E-state index in [0.29, 0.717) is 50.1 Å². The summed E-state index contributed by atoms with van der Waals surface area (Å²) in [6.07, 6.45) is 25.5. The number of carboxylic acids is 4. The van der Waals surface area contributed by atoms with Crippen LogP contribution in [-0.4, -0.2) is 122 Å². The number of hydrogen-bond acceptors (Lipinski definition) is 11. The van der Waals surface area contributed by atoms with Gasteiger partial charge in [-0.1, -0.05) is 102 Å². The first-order chi connectivity index (χ1) is 28.8. The molecule has 2 aliphatic heterocycles. The number of imide groups is 1. The third-order valence-corrected chi connectivity index (χ3v) is 10.3. The Morgan fingerprint density at radius 2 is 1.12 bits per heavy atom. The van der Waals surface area contributed by atoms with Crippen molar-refractivity contribution in [3.63, 3.8) is 0 Å². The van der Waals surface area contributed by atoms with Gasteiger partial charge in [0, 0.05) is 69.6 Å². The molecule has 3 heterocycles. The Kier molecular flexibility index (Phi) is 25.2. The molecular formula is C44H64N4O12. The number of unbranched alkanes of at least 4 members (excludes halogenated alkanes) is 12. The van der Waals surface area contributed by atoms with Crippen LogP contribution in [0.1, 0.15) is 110 Å². The molecule has 3 atom stereocenters. The molecule has 60 heavy (non-hydrogen) atoms. The van der Waals surface area contributed by atoms with E-state index in [1.165, 1.54) is 69.1 Å². The number of carbonyl (C=O) groups is 7. The van der Waals surface area contributed by atoms with Crippen LogP contribution in [0.25, 0.3) is 0 Å². The molecule has 1 aliphatic carbocycles. The number of rotatable bonds is 24. The van der Waals surface area contributed by atoms with Gasteiger partial charge in [0.25, 0.3) is 0 Å². The molecule has 0 bridgehead atoms. The van der Waals surface area contributed by atoms with Crippen LogP contribution >= 0.6 is 0 Å². The lowest BCUT2D eigenvalue weighted by Crippen LogP contribution is -2.51. The lowest BCUT2D eigenvalue weighted by atomic mass is 9.85. The standard InChI is InChI=1S/C36H56N4O4.2C4H4O4/c1-2-3-4-5-6-7-8-9-10-11-12-13-14-22-34(41)44-30(29-40-35(42)31-19-15-16-20-32(31)36(40)43)28-38-24-26-39(27-25-38)33-21-17-18-23-37-33;2*5-3(6)1-2-4(7)8/h15-18,21,23,30-32H,2-14,19-20,22,24-29H2,1H3;2*1-2H,(H,5,6)(H,7,8)/b;2*2-1-/t30?,31-,32+;;. The minimum Gasteiger partial charge on any atom is -0.478 e. The summed E-state index contributed by atoms with van der Waals surface area (Å²) in [6, 6.07) is 5.94. The van der Waals surface area contributed by atoms with Crippen LogP contribution in [0.3, 0.4) is 0 Å². The Bertz CT molecular complexity index is 1500. The van der Waals surface area contributed by atoms with E-state index in [1.807, 2.05) is 36.5 Å². The summed E-state index contributed by atoms with van der Waals surface area (Å²) >= 11 is 0. The van der Waals surface area contributed by atoms with E-state index < -0.39 is 30.0 Å². The van der Waals surface area contributed by atoms with Crippen LogP contribution in [0.4, 0.5) is 5.82 Å². The molecule has 0 saturated carbocycles. The molecular weight excluding hydrogens is 777 g/mol. The summed E-state index contributed by atoms with van der Waals surface area (Å²) in [6.45, 7) is 6.20. The maximum atomic E-state index is 13.2. The largest absolute Gasteiger partial charge is 0.478 e. The summed E-state index contributed by atoms with van der Waals surface area (Å²) in [5.74, 6) is -5.03. The van der Waals surface area contributed by atoms with Crippen LogP contribution in [0.15, 0.2) is 60.9 Å². The molecule has 2 amide bonds. The van der Waals surface area contributed by atoms with Crippen molar-refractivity contribution in [3.8, 4) is 0 Å². The molecule has 332 valence electrons. The Morgan fingerprint density at radius 3 is 1.53 bits per heavy atom. The number of allylic oxidation sites excluding steroid dienone is 2. The monoisotopic (exact) mass is 840 g/mol. The number of piperazine rings is 1. The highest BCUT2D eigenvalue weighted by atomic mass is 16.5. The number of hydrogen-bond donors (Lipinski definition) is 4. The third-order valence-electron chi connectivity index (χ3n) is 10.3. The zero-order valence-electron chi connectivity index (χ0n) is 34.9. The van der Waals surface area contributed by atoms with Crippen LogP contribution in [-0.2, 0) is 38.3 Å². The minimum absolute atomic E-state index is 0.109. The molecule has 1 unspecified atom stereocenters. The third kappa shape index (κ3) is 21.6. The number of amides is 2. The summed E-state index contributed by atoms with van der Waals surface area (Å²) < 4.78 is 6.02. The summed E-state index contributed by atoms with van der Waals surface area (Å²) in [5, 5.41) is 31.2. The van der Waals surface area contributed by atoms with E-state index in [-0.39, 0.29) is 36.2 Å². The van der Waals surface area contributed by atoms with Crippen LogP contribution in [0, 0.1) is 11.8 Å². The van der Waals surface area contributed by atoms with Gasteiger partial charge in [-0.2, -0.15) is 0 Å². The Balaban J connectivity index is 0.000000652. The average Bonchev–Trinajstić information content (AvgIpc) is 3.46. The van der Waals surface area contributed by atoms with Gasteiger partial charge >= 0.3 is 29.8 Å². The van der Waals surface area contributed by atoms with E-state index in [0.717, 1.165) is 51.3 Å². The zero-order valence-corrected chi connectivity index (χ0v) is 34.9. The molecule has 0 radical (unpaired) electrons. The number of likely N-dealkylation sites (tertiary alicyclic amines) is 1. The van der Waals surface area contributed by atoms with Gasteiger partial charge in [-0.3, -0.25) is 24.2 Å². The summed E-state index contributed by atoms with van der Waals surface area (Å²) in [7, 11) is 0. The van der Waals surface area contributed by atoms with Gasteiger partial charge < -0.3 is 30.1 Å². The van der Waals surface area contributed by atoms with E-state index in [9.17, 15) is 33.6 Å². The highest BCUT2D eigenvalue weighted by Crippen LogP contribution is 2.35. The van der Waals surface area contributed by atoms with Gasteiger partial charge in [0.2, 0.25) is 11.8 Å². The Morgan fingerprint density at radius 1 is 0.667 bits per heavy atom. The van der Waals surface area contributed by atoms with Crippen LogP contribution in [0.5, 0.6) is 0 Å². The van der Waals surface area contributed by atoms with Gasteiger partial charge in [0.1, 0.15) is 11.9 Å². The number of pyridine rings is 1. The van der Waals surface area contributed by atoms with E-state index in [4.69, 9.17) is 25.2 Å². The highest BCUT2D eigenvalue weighted by Gasteiger charge is 2.48. The molecule has 2 fully saturated rings. The number of nitrogens with zero attached hydrogens (tertiary/aromatic N) is 4. The quantitative estimate of drug-likeness (QED) is 0.0309. The number of anilines is 1. The highest BCUT2D eigenvalue weighted by molar-refractivity contribution is 6.05. The van der Waals surface area contributed by atoms with Crippen molar-refractivity contribution in [2.75, 3.05) is 44.2 Å². The maximum absolute atomic E-state index is 13.2. The minimum atomic E-state index is -1.26. The second-order valence-electron chi connectivity index (χ2n) is 15.0. The van der Waals surface area contributed by atoms with Crippen molar-refractivity contribution in [2.45, 2.75) is 116 Å². The normalized spacial score (nSPS) is 18.0. The fourth-order valence-corrected chi connectivity index (χ4v) is 7.19. The van der Waals surface area contributed by atoms with Crippen molar-refractivity contribution >= 4 is 47.5 Å². The lowest BCUT2D eigenvalue weighted by molar-refractivity contribution is -0.155. The van der Waals surface area contributed by atoms with Crippen molar-refractivity contribution in [1.29, 1.82) is 0 Å². The van der Waals surface area contributed by atoms with Gasteiger partial charge in [-0.25, -0.2) is 24.2 Å². The molecule has 2 saturated heterocycles. The SMILES string of the molecule is CCCCCCCCCCCCCCCC(=O)OC(CN1CCN(c2ccccn2)CC1)CN1C(=O)[C@H]2CC=CC[C@H]2C1=O.O=C(O)/C=C\C(=O)O.O=C(O)/C=C\C(=O)O. The van der Waals surface area contributed by atoms with Crippen molar-refractivity contribution in [1.82, 2.24) is 14.8 Å². The molecule has 16 nitrogen and oxygen atoms in total. The van der Waals surface area contributed by atoms with Crippen LogP contribution in [0.2, 0.25) is 0 Å². The van der Waals surface area contributed by atoms with Gasteiger partial charge in [0.15, 0.2) is 0 Å². The Labute approximate surface area is 353 Å². The fraction of sp³-hybridized carbons (Fsp3) is 0.591. The van der Waals surface area contributed by atoms with Gasteiger partial charge in [-0.15, -0.1) is 0 Å². The van der Waals surface area contributed by atoms with E-state index in [1.54, 1.807) is 0 Å². The number of carboxylic acid groups (broad SMARTS) is 4.